The van der Waals surface area contributed by atoms with E-state index in [4.69, 9.17) is 0 Å². The quantitative estimate of drug-likeness (QED) is 0.374. The average molecular weight is 503 g/mol. The normalized spacial score (nSPS) is 16.9. The summed E-state index contributed by atoms with van der Waals surface area (Å²) in [7, 11) is 1.93. The number of guanidine groups is 1. The Kier molecular flexibility index (Phi) is 8.65. The molecule has 1 aromatic carbocycles. The number of nitrogens with one attached hydrogen (secondary N) is 1. The van der Waals surface area contributed by atoms with Gasteiger partial charge in [-0.2, -0.15) is 5.10 Å². The van der Waals surface area contributed by atoms with Gasteiger partial charge in [-0.1, -0.05) is 0 Å². The summed E-state index contributed by atoms with van der Waals surface area (Å²) in [6.07, 6.45) is 6.49. The molecule has 1 aliphatic heterocycles. The van der Waals surface area contributed by atoms with Gasteiger partial charge in [-0.05, 0) is 61.4 Å². The molecule has 0 amide bonds. The Morgan fingerprint density at radius 2 is 2.18 bits per heavy atom. The van der Waals surface area contributed by atoms with E-state index in [1.54, 1.807) is 0 Å². The Labute approximate surface area is 182 Å². The minimum Gasteiger partial charge on any atom is -0.357 e. The molecule has 154 valence electrons. The molecular formula is C20H28F2IN5. The Morgan fingerprint density at radius 3 is 2.89 bits per heavy atom. The highest BCUT2D eigenvalue weighted by Crippen LogP contribution is 2.21. The fraction of sp³-hybridized carbons (Fsp3) is 0.500. The summed E-state index contributed by atoms with van der Waals surface area (Å²) in [4.78, 5) is 6.89. The molecule has 2 aromatic rings. The minimum absolute atomic E-state index is 0. The van der Waals surface area contributed by atoms with Gasteiger partial charge >= 0.3 is 0 Å². The largest absolute Gasteiger partial charge is 0.357 e. The number of halogens is 3. The summed E-state index contributed by atoms with van der Waals surface area (Å²) < 4.78 is 28.9. The first-order valence-corrected chi connectivity index (χ1v) is 9.50. The smallest absolute Gasteiger partial charge is 0.193 e. The van der Waals surface area contributed by atoms with E-state index in [1.165, 1.54) is 17.7 Å². The third-order valence-corrected chi connectivity index (χ3v) is 4.85. The van der Waals surface area contributed by atoms with Crippen LogP contribution >= 0.6 is 24.0 Å². The molecule has 0 radical (unpaired) electrons. The summed E-state index contributed by atoms with van der Waals surface area (Å²) in [5.41, 5.74) is 1.62. The monoisotopic (exact) mass is 503 g/mol. The predicted octanol–water partition coefficient (Wildman–Crippen LogP) is 3.39. The number of rotatable bonds is 6. The molecule has 1 N–H and O–H groups in total. The van der Waals surface area contributed by atoms with Crippen molar-refractivity contribution < 1.29 is 8.78 Å². The van der Waals surface area contributed by atoms with Gasteiger partial charge in [0.2, 0.25) is 0 Å². The van der Waals surface area contributed by atoms with Gasteiger partial charge in [0, 0.05) is 39.4 Å². The first kappa shape index (κ1) is 22.6. The van der Waals surface area contributed by atoms with Crippen LogP contribution < -0.4 is 5.32 Å². The number of aryl methyl sites for hydroxylation is 1. The summed E-state index contributed by atoms with van der Waals surface area (Å²) in [6.45, 7) is 5.12. The second-order valence-corrected chi connectivity index (χ2v) is 7.05. The molecule has 2 heterocycles. The van der Waals surface area contributed by atoms with E-state index in [0.29, 0.717) is 24.4 Å². The van der Waals surface area contributed by atoms with Crippen LogP contribution in [0.2, 0.25) is 0 Å². The summed E-state index contributed by atoms with van der Waals surface area (Å²) in [6, 6.07) is 3.56. The second-order valence-electron chi connectivity index (χ2n) is 7.05. The molecule has 5 nitrogen and oxygen atoms in total. The minimum atomic E-state index is -0.417. The third-order valence-electron chi connectivity index (χ3n) is 4.85. The van der Waals surface area contributed by atoms with Gasteiger partial charge in [0.05, 0.1) is 6.20 Å². The molecule has 28 heavy (non-hydrogen) atoms. The maximum Gasteiger partial charge on any atom is 0.193 e. The van der Waals surface area contributed by atoms with Crippen LogP contribution in [0.3, 0.4) is 0 Å². The van der Waals surface area contributed by atoms with Crippen LogP contribution in [0, 0.1) is 17.6 Å². The van der Waals surface area contributed by atoms with E-state index in [2.05, 4.69) is 26.5 Å². The molecule has 1 aliphatic rings. The molecule has 0 bridgehead atoms. The lowest BCUT2D eigenvalue weighted by atomic mass is 10.0. The van der Waals surface area contributed by atoms with Crippen LogP contribution in [0.15, 0.2) is 35.6 Å². The van der Waals surface area contributed by atoms with Gasteiger partial charge in [-0.25, -0.2) is 8.78 Å². The van der Waals surface area contributed by atoms with Gasteiger partial charge in [-0.15, -0.1) is 24.0 Å². The number of benzene rings is 1. The van der Waals surface area contributed by atoms with Crippen molar-refractivity contribution in [1.29, 1.82) is 0 Å². The Bertz CT molecular complexity index is 793. The lowest BCUT2D eigenvalue weighted by molar-refractivity contribution is 0.460. The van der Waals surface area contributed by atoms with Crippen molar-refractivity contribution >= 4 is 29.9 Å². The average Bonchev–Trinajstić information content (AvgIpc) is 3.26. The summed E-state index contributed by atoms with van der Waals surface area (Å²) in [5, 5.41) is 7.55. The first-order valence-electron chi connectivity index (χ1n) is 9.50. The zero-order valence-electron chi connectivity index (χ0n) is 16.4. The number of likely N-dealkylation sites (tertiary alicyclic amines) is 1. The molecule has 0 spiro atoms. The number of hydrogen-bond acceptors (Lipinski definition) is 2. The SMILES string of the molecule is CCNC(=NCCc1cc(F)ccc1F)N1CCC(Cc2cnn(C)c2)C1.I. The highest BCUT2D eigenvalue weighted by molar-refractivity contribution is 14.0. The summed E-state index contributed by atoms with van der Waals surface area (Å²) in [5.74, 6) is 0.621. The Morgan fingerprint density at radius 1 is 1.36 bits per heavy atom. The third kappa shape index (κ3) is 6.15. The van der Waals surface area contributed by atoms with Gasteiger partial charge < -0.3 is 10.2 Å². The maximum absolute atomic E-state index is 13.8. The van der Waals surface area contributed by atoms with Crippen molar-refractivity contribution in [2.45, 2.75) is 26.2 Å². The Balaban J connectivity index is 0.00000280. The second kappa shape index (κ2) is 10.7. The van der Waals surface area contributed by atoms with Crippen LogP contribution in [0.4, 0.5) is 8.78 Å². The van der Waals surface area contributed by atoms with Crippen molar-refractivity contribution in [2.75, 3.05) is 26.2 Å². The van der Waals surface area contributed by atoms with Gasteiger partial charge in [0.1, 0.15) is 11.6 Å². The summed E-state index contributed by atoms with van der Waals surface area (Å²) >= 11 is 0. The highest BCUT2D eigenvalue weighted by Gasteiger charge is 2.25. The van der Waals surface area contributed by atoms with E-state index >= 15 is 0 Å². The van der Waals surface area contributed by atoms with Crippen molar-refractivity contribution in [1.82, 2.24) is 20.0 Å². The van der Waals surface area contributed by atoms with Crippen LogP contribution in [0.25, 0.3) is 0 Å². The number of nitrogens with zero attached hydrogens (tertiary/aromatic N) is 4. The van der Waals surface area contributed by atoms with E-state index in [-0.39, 0.29) is 29.8 Å². The van der Waals surface area contributed by atoms with E-state index in [0.717, 1.165) is 44.5 Å². The highest BCUT2D eigenvalue weighted by atomic mass is 127. The number of aromatic nitrogens is 2. The molecular weight excluding hydrogens is 475 g/mol. The van der Waals surface area contributed by atoms with Crippen LogP contribution in [0.5, 0.6) is 0 Å². The van der Waals surface area contributed by atoms with Crippen molar-refractivity contribution in [3.63, 3.8) is 0 Å². The van der Waals surface area contributed by atoms with Gasteiger partial charge in [0.15, 0.2) is 5.96 Å². The van der Waals surface area contributed by atoms with Crippen molar-refractivity contribution in [2.24, 2.45) is 18.0 Å². The van der Waals surface area contributed by atoms with E-state index in [1.807, 2.05) is 24.9 Å². The zero-order chi connectivity index (χ0) is 19.2. The molecule has 8 heteroatoms. The Hall–Kier alpha value is -1.71. The number of aliphatic imine (C=N–C) groups is 1. The van der Waals surface area contributed by atoms with Gasteiger partial charge in [0.25, 0.3) is 0 Å². The fourth-order valence-corrected chi connectivity index (χ4v) is 3.55. The predicted molar refractivity (Wildman–Crippen MR) is 118 cm³/mol. The van der Waals surface area contributed by atoms with Crippen molar-refractivity contribution in [3.05, 3.63) is 53.4 Å². The molecule has 1 fully saturated rings. The standard InChI is InChI=1S/C20H27F2N5.HI/c1-3-23-20(24-8-6-17-11-18(21)4-5-19(17)22)27-9-7-15(14-27)10-16-12-25-26(2)13-16;/h4-5,11-13,15H,3,6-10,14H2,1-2H3,(H,23,24);1H. The first-order chi connectivity index (χ1) is 13.0. The lowest BCUT2D eigenvalue weighted by Gasteiger charge is -2.21. The molecule has 0 aliphatic carbocycles. The fourth-order valence-electron chi connectivity index (χ4n) is 3.55. The molecule has 1 unspecified atom stereocenters. The molecule has 3 rings (SSSR count). The zero-order valence-corrected chi connectivity index (χ0v) is 18.7. The van der Waals surface area contributed by atoms with E-state index in [9.17, 15) is 8.78 Å². The molecule has 1 aromatic heterocycles. The van der Waals surface area contributed by atoms with Gasteiger partial charge in [-0.3, -0.25) is 9.67 Å². The molecule has 0 saturated carbocycles. The van der Waals surface area contributed by atoms with E-state index < -0.39 is 5.82 Å². The lowest BCUT2D eigenvalue weighted by Crippen LogP contribution is -2.40. The van der Waals surface area contributed by atoms with Crippen LogP contribution in [-0.4, -0.2) is 46.8 Å². The molecule has 1 saturated heterocycles. The number of hydrogen-bond donors (Lipinski definition) is 1. The van der Waals surface area contributed by atoms with Crippen LogP contribution in [0.1, 0.15) is 24.5 Å². The molecule has 1 atom stereocenters. The topological polar surface area (TPSA) is 45.5 Å². The van der Waals surface area contributed by atoms with Crippen LogP contribution in [-0.2, 0) is 19.9 Å². The van der Waals surface area contributed by atoms with Crippen molar-refractivity contribution in [3.8, 4) is 0 Å². The maximum atomic E-state index is 13.8.